The number of nitrogens with one attached hydrogen (secondary N) is 1. The van der Waals surface area contributed by atoms with E-state index in [1.165, 1.54) is 0 Å². The largest absolute Gasteiger partial charge is 0.445 e. The van der Waals surface area contributed by atoms with Crippen LogP contribution in [-0.2, 0) is 4.74 Å². The van der Waals surface area contributed by atoms with Gasteiger partial charge in [0.2, 0.25) is 0 Å². The number of amides is 1. The summed E-state index contributed by atoms with van der Waals surface area (Å²) in [5.41, 5.74) is 4.71. The molecule has 1 amide bonds. The molecule has 0 spiro atoms. The molecule has 1 heterocycles. The van der Waals surface area contributed by atoms with E-state index in [0.29, 0.717) is 0 Å². The van der Waals surface area contributed by atoms with Gasteiger partial charge in [-0.15, -0.1) is 0 Å². The van der Waals surface area contributed by atoms with Crippen molar-refractivity contribution >= 4 is 6.09 Å². The monoisotopic (exact) mass is 228 g/mol. The zero-order valence-corrected chi connectivity index (χ0v) is 7.62. The number of carbonyl (C=O) groups excluding carboxylic acids is 1. The summed E-state index contributed by atoms with van der Waals surface area (Å²) in [6.07, 6.45) is -9.00. The van der Waals surface area contributed by atoms with Gasteiger partial charge in [0, 0.05) is 19.0 Å². The Bertz CT molecular complexity index is 246. The van der Waals surface area contributed by atoms with Crippen molar-refractivity contribution in [2.75, 3.05) is 6.54 Å². The van der Waals surface area contributed by atoms with Crippen LogP contribution in [-0.4, -0.2) is 42.2 Å². The number of halogens is 3. The smallest absolute Gasteiger partial charge is 0.415 e. The van der Waals surface area contributed by atoms with Gasteiger partial charge in [0.25, 0.3) is 0 Å². The zero-order chi connectivity index (χ0) is 11.6. The molecule has 8 heteroatoms. The lowest BCUT2D eigenvalue weighted by atomic mass is 10.1. The molecule has 88 valence electrons. The minimum absolute atomic E-state index is 0.0563. The number of nitrogens with two attached hydrogens (primary N) is 1. The van der Waals surface area contributed by atoms with E-state index >= 15 is 0 Å². The molecule has 1 aliphatic heterocycles. The standard InChI is InChI=1S/C7H11F3N2O3/c8-7(9,10)5(13)4-1-3(2-12-4)15-6(11)14/h3-5,12-13H,1-2H2,(H2,11,14)/t3?,4-,5+/m1/s1. The third-order valence-electron chi connectivity index (χ3n) is 2.12. The Morgan fingerprint density at radius 2 is 2.20 bits per heavy atom. The Hall–Kier alpha value is -1.02. The van der Waals surface area contributed by atoms with E-state index in [1.807, 2.05) is 0 Å². The Labute approximate surface area is 83.4 Å². The molecule has 1 aliphatic rings. The van der Waals surface area contributed by atoms with Gasteiger partial charge < -0.3 is 20.9 Å². The molecule has 5 nitrogen and oxygen atoms in total. The second kappa shape index (κ2) is 4.23. The third-order valence-corrected chi connectivity index (χ3v) is 2.12. The highest BCUT2D eigenvalue weighted by molar-refractivity contribution is 5.64. The minimum Gasteiger partial charge on any atom is -0.445 e. The van der Waals surface area contributed by atoms with Gasteiger partial charge >= 0.3 is 12.3 Å². The van der Waals surface area contributed by atoms with Crippen LogP contribution in [0.2, 0.25) is 0 Å². The lowest BCUT2D eigenvalue weighted by molar-refractivity contribution is -0.211. The van der Waals surface area contributed by atoms with Crippen molar-refractivity contribution in [3.8, 4) is 0 Å². The van der Waals surface area contributed by atoms with Gasteiger partial charge in [-0.05, 0) is 0 Å². The normalized spacial score (nSPS) is 28.8. The van der Waals surface area contributed by atoms with Crippen LogP contribution in [0.4, 0.5) is 18.0 Å². The van der Waals surface area contributed by atoms with Crippen LogP contribution in [0.25, 0.3) is 0 Å². The predicted octanol–water partition coefficient (Wildman–Crippen LogP) is -0.265. The number of aliphatic hydroxyl groups excluding tert-OH is 1. The van der Waals surface area contributed by atoms with Gasteiger partial charge in [-0.3, -0.25) is 0 Å². The molecule has 1 fully saturated rings. The number of ether oxygens (including phenoxy) is 1. The van der Waals surface area contributed by atoms with Crippen molar-refractivity contribution in [2.24, 2.45) is 5.73 Å². The summed E-state index contributed by atoms with van der Waals surface area (Å²) in [5, 5.41) is 11.3. The first-order valence-corrected chi connectivity index (χ1v) is 4.25. The maximum Gasteiger partial charge on any atom is 0.415 e. The van der Waals surface area contributed by atoms with Crippen molar-refractivity contribution in [3.63, 3.8) is 0 Å². The number of rotatable bonds is 2. The summed E-state index contributed by atoms with van der Waals surface area (Å²) in [4.78, 5) is 10.3. The molecule has 0 aromatic carbocycles. The molecule has 4 N–H and O–H groups in total. The molecule has 15 heavy (non-hydrogen) atoms. The summed E-state index contributed by atoms with van der Waals surface area (Å²) in [7, 11) is 0. The van der Waals surface area contributed by atoms with Gasteiger partial charge in [0.1, 0.15) is 6.10 Å². The second-order valence-corrected chi connectivity index (χ2v) is 3.30. The Morgan fingerprint density at radius 3 is 2.67 bits per heavy atom. The maximum atomic E-state index is 12.1. The average molecular weight is 228 g/mol. The molecule has 3 atom stereocenters. The molecule has 1 unspecified atom stereocenters. The van der Waals surface area contributed by atoms with Crippen LogP contribution in [0, 0.1) is 0 Å². The number of alkyl halides is 3. The average Bonchev–Trinajstić information content (AvgIpc) is 2.48. The van der Waals surface area contributed by atoms with Crippen LogP contribution < -0.4 is 11.1 Å². The van der Waals surface area contributed by atoms with Crippen LogP contribution >= 0.6 is 0 Å². The second-order valence-electron chi connectivity index (χ2n) is 3.30. The van der Waals surface area contributed by atoms with Crippen molar-refractivity contribution in [1.82, 2.24) is 5.32 Å². The Morgan fingerprint density at radius 1 is 1.60 bits per heavy atom. The summed E-state index contributed by atoms with van der Waals surface area (Å²) in [5.74, 6) is 0. The highest BCUT2D eigenvalue weighted by Crippen LogP contribution is 2.26. The van der Waals surface area contributed by atoms with E-state index in [4.69, 9.17) is 10.8 Å². The third kappa shape index (κ3) is 3.24. The van der Waals surface area contributed by atoms with Crippen molar-refractivity contribution in [2.45, 2.75) is 30.8 Å². The van der Waals surface area contributed by atoms with Gasteiger partial charge in [-0.25, -0.2) is 4.79 Å². The Balaban J connectivity index is 2.46. The first-order chi connectivity index (χ1) is 6.80. The number of hydrogen-bond donors (Lipinski definition) is 3. The summed E-state index contributed by atoms with van der Waals surface area (Å²) >= 11 is 0. The molecule has 1 saturated heterocycles. The minimum atomic E-state index is -4.68. The lowest BCUT2D eigenvalue weighted by Crippen LogP contribution is -2.44. The van der Waals surface area contributed by atoms with E-state index in [9.17, 15) is 18.0 Å². The number of primary amides is 1. The van der Waals surface area contributed by atoms with Crippen LogP contribution in [0.5, 0.6) is 0 Å². The SMILES string of the molecule is NC(=O)OC1CN[C@@H]([C@H](O)C(F)(F)F)C1. The van der Waals surface area contributed by atoms with Gasteiger partial charge in [-0.2, -0.15) is 13.2 Å². The fraction of sp³-hybridized carbons (Fsp3) is 0.857. The van der Waals surface area contributed by atoms with E-state index in [0.717, 1.165) is 0 Å². The number of carbonyl (C=O) groups is 1. The molecular formula is C7H11F3N2O3. The van der Waals surface area contributed by atoms with E-state index in [1.54, 1.807) is 0 Å². The van der Waals surface area contributed by atoms with Gasteiger partial charge in [0.15, 0.2) is 6.10 Å². The molecule has 1 rings (SSSR count). The van der Waals surface area contributed by atoms with Crippen molar-refractivity contribution in [1.29, 1.82) is 0 Å². The molecule has 0 radical (unpaired) electrons. The fourth-order valence-corrected chi connectivity index (χ4v) is 1.46. The quantitative estimate of drug-likeness (QED) is 0.607. The summed E-state index contributed by atoms with van der Waals surface area (Å²) in [6, 6.07) is -1.16. The highest BCUT2D eigenvalue weighted by Gasteiger charge is 2.46. The first-order valence-electron chi connectivity index (χ1n) is 4.25. The molecule has 0 saturated carbocycles. The van der Waals surface area contributed by atoms with Crippen LogP contribution in [0.15, 0.2) is 0 Å². The zero-order valence-electron chi connectivity index (χ0n) is 7.62. The van der Waals surface area contributed by atoms with Gasteiger partial charge in [0.05, 0.1) is 0 Å². The fourth-order valence-electron chi connectivity index (χ4n) is 1.46. The molecular weight excluding hydrogens is 217 g/mol. The molecule has 0 aromatic rings. The van der Waals surface area contributed by atoms with Crippen LogP contribution in [0.3, 0.4) is 0 Å². The van der Waals surface area contributed by atoms with E-state index in [-0.39, 0.29) is 13.0 Å². The lowest BCUT2D eigenvalue weighted by Gasteiger charge is -2.20. The van der Waals surface area contributed by atoms with Gasteiger partial charge in [-0.1, -0.05) is 0 Å². The Kier molecular flexibility index (Phi) is 3.40. The molecule has 0 bridgehead atoms. The topological polar surface area (TPSA) is 84.6 Å². The summed E-state index contributed by atoms with van der Waals surface area (Å²) in [6.45, 7) is 0.0563. The summed E-state index contributed by atoms with van der Waals surface area (Å²) < 4.78 is 40.7. The maximum absolute atomic E-state index is 12.1. The number of hydrogen-bond acceptors (Lipinski definition) is 4. The molecule has 0 aromatic heterocycles. The predicted molar refractivity (Wildman–Crippen MR) is 42.9 cm³/mol. The highest BCUT2D eigenvalue weighted by atomic mass is 19.4. The van der Waals surface area contributed by atoms with Crippen LogP contribution in [0.1, 0.15) is 6.42 Å². The van der Waals surface area contributed by atoms with Crippen molar-refractivity contribution in [3.05, 3.63) is 0 Å². The molecule has 0 aliphatic carbocycles. The van der Waals surface area contributed by atoms with E-state index < -0.39 is 30.5 Å². The number of aliphatic hydroxyl groups is 1. The van der Waals surface area contributed by atoms with Crippen molar-refractivity contribution < 1.29 is 27.8 Å². The first kappa shape index (κ1) is 12.1. The van der Waals surface area contributed by atoms with E-state index in [2.05, 4.69) is 10.1 Å².